The first-order valence-electron chi connectivity index (χ1n) is 7.62. The van der Waals surface area contributed by atoms with E-state index in [4.69, 9.17) is 0 Å². The molecule has 2 unspecified atom stereocenters. The predicted octanol–water partition coefficient (Wildman–Crippen LogP) is 2.00. The smallest absolute Gasteiger partial charge is 0.00708 e. The summed E-state index contributed by atoms with van der Waals surface area (Å²) < 4.78 is 2.38. The first-order valence-corrected chi connectivity index (χ1v) is 8.13. The SMILES string of the molecule is CNC1CCC(NC(C)C2CCN(P)CC2)CC1. The van der Waals surface area contributed by atoms with Crippen LogP contribution in [0, 0.1) is 5.92 Å². The van der Waals surface area contributed by atoms with Crippen molar-refractivity contribution in [3.8, 4) is 0 Å². The second-order valence-electron chi connectivity index (χ2n) is 6.17. The molecule has 2 rings (SSSR count). The number of nitrogens with one attached hydrogen (secondary N) is 2. The molecule has 2 aliphatic rings. The van der Waals surface area contributed by atoms with Gasteiger partial charge in [0.15, 0.2) is 0 Å². The standard InChI is InChI=1S/C14H30N3P/c1-11(12-7-9-17(18)10-8-12)16-14-5-3-13(15-2)4-6-14/h11-16H,3-10,18H2,1-2H3. The fraction of sp³-hybridized carbons (Fsp3) is 1.00. The van der Waals surface area contributed by atoms with Gasteiger partial charge in [-0.1, -0.05) is 9.39 Å². The first-order chi connectivity index (χ1) is 8.69. The average Bonchev–Trinajstić information content (AvgIpc) is 2.40. The van der Waals surface area contributed by atoms with Crippen LogP contribution in [-0.4, -0.2) is 42.9 Å². The molecular weight excluding hydrogens is 241 g/mol. The van der Waals surface area contributed by atoms with Crippen molar-refractivity contribution in [2.24, 2.45) is 5.92 Å². The molecule has 1 saturated heterocycles. The van der Waals surface area contributed by atoms with E-state index in [0.29, 0.717) is 6.04 Å². The molecule has 18 heavy (non-hydrogen) atoms. The molecule has 0 aromatic heterocycles. The summed E-state index contributed by atoms with van der Waals surface area (Å²) in [5, 5.41) is 7.31. The summed E-state index contributed by atoms with van der Waals surface area (Å²) in [4.78, 5) is 0. The highest BCUT2D eigenvalue weighted by Gasteiger charge is 2.26. The summed E-state index contributed by atoms with van der Waals surface area (Å²) in [5.41, 5.74) is 0. The second-order valence-corrected chi connectivity index (χ2v) is 6.90. The average molecular weight is 271 g/mol. The van der Waals surface area contributed by atoms with Crippen LogP contribution in [0.2, 0.25) is 0 Å². The van der Waals surface area contributed by atoms with Crippen LogP contribution in [0.4, 0.5) is 0 Å². The number of hydrogen-bond acceptors (Lipinski definition) is 3. The highest BCUT2D eigenvalue weighted by molar-refractivity contribution is 7.13. The third-order valence-electron chi connectivity index (χ3n) is 4.92. The lowest BCUT2D eigenvalue weighted by Gasteiger charge is -2.37. The van der Waals surface area contributed by atoms with Gasteiger partial charge < -0.3 is 10.6 Å². The summed E-state index contributed by atoms with van der Waals surface area (Å²) in [6.45, 7) is 4.88. The lowest BCUT2D eigenvalue weighted by Crippen LogP contribution is -2.46. The van der Waals surface area contributed by atoms with Crippen molar-refractivity contribution >= 4 is 9.39 Å². The van der Waals surface area contributed by atoms with Crippen LogP contribution < -0.4 is 10.6 Å². The van der Waals surface area contributed by atoms with E-state index in [2.05, 4.69) is 38.7 Å². The van der Waals surface area contributed by atoms with Gasteiger partial charge in [0, 0.05) is 31.2 Å². The Morgan fingerprint density at radius 3 is 2.11 bits per heavy atom. The maximum absolute atomic E-state index is 3.89. The van der Waals surface area contributed by atoms with Gasteiger partial charge in [-0.15, -0.1) is 0 Å². The van der Waals surface area contributed by atoms with Crippen LogP contribution in [0.25, 0.3) is 0 Å². The molecule has 2 fully saturated rings. The summed E-state index contributed by atoms with van der Waals surface area (Å²) in [7, 11) is 4.93. The fourth-order valence-electron chi connectivity index (χ4n) is 3.48. The number of rotatable bonds is 4. The zero-order chi connectivity index (χ0) is 13.0. The molecule has 0 radical (unpaired) electrons. The van der Waals surface area contributed by atoms with E-state index >= 15 is 0 Å². The van der Waals surface area contributed by atoms with Crippen LogP contribution in [0.1, 0.15) is 45.4 Å². The summed E-state index contributed by atoms with van der Waals surface area (Å²) in [6, 6.07) is 2.22. The molecular formula is C14H30N3P. The Kier molecular flexibility index (Phi) is 5.88. The van der Waals surface area contributed by atoms with E-state index < -0.39 is 0 Å². The van der Waals surface area contributed by atoms with E-state index in [9.17, 15) is 0 Å². The largest absolute Gasteiger partial charge is 0.317 e. The molecule has 0 aromatic rings. The highest BCUT2D eigenvalue weighted by atomic mass is 31.0. The van der Waals surface area contributed by atoms with Crippen LogP contribution >= 0.6 is 9.39 Å². The Hall–Kier alpha value is 0.310. The topological polar surface area (TPSA) is 27.3 Å². The van der Waals surface area contributed by atoms with Crippen molar-refractivity contribution in [2.45, 2.75) is 63.6 Å². The summed E-state index contributed by atoms with van der Waals surface area (Å²) in [6.07, 6.45) is 8.07. The minimum atomic E-state index is 0.694. The van der Waals surface area contributed by atoms with E-state index in [1.807, 2.05) is 0 Å². The van der Waals surface area contributed by atoms with Crippen LogP contribution in [0.5, 0.6) is 0 Å². The molecule has 1 aliphatic carbocycles. The number of nitrogens with zero attached hydrogens (tertiary/aromatic N) is 1. The molecule has 1 aliphatic heterocycles. The Bertz CT molecular complexity index is 233. The van der Waals surface area contributed by atoms with Crippen molar-refractivity contribution < 1.29 is 0 Å². The van der Waals surface area contributed by atoms with Gasteiger partial charge >= 0.3 is 0 Å². The fourth-order valence-corrected chi connectivity index (χ4v) is 3.77. The molecule has 0 spiro atoms. The van der Waals surface area contributed by atoms with Crippen LogP contribution in [-0.2, 0) is 0 Å². The van der Waals surface area contributed by atoms with Crippen molar-refractivity contribution in [3.63, 3.8) is 0 Å². The highest BCUT2D eigenvalue weighted by Crippen LogP contribution is 2.25. The van der Waals surface area contributed by atoms with Crippen molar-refractivity contribution in [1.29, 1.82) is 0 Å². The van der Waals surface area contributed by atoms with E-state index in [0.717, 1.165) is 18.0 Å². The third kappa shape index (κ3) is 4.16. The lowest BCUT2D eigenvalue weighted by atomic mass is 9.87. The van der Waals surface area contributed by atoms with E-state index in [1.54, 1.807) is 0 Å². The molecule has 0 bridgehead atoms. The lowest BCUT2D eigenvalue weighted by molar-refractivity contribution is 0.212. The Morgan fingerprint density at radius 1 is 1.00 bits per heavy atom. The molecule has 1 saturated carbocycles. The first kappa shape index (κ1) is 14.7. The van der Waals surface area contributed by atoms with Crippen molar-refractivity contribution in [1.82, 2.24) is 15.3 Å². The van der Waals surface area contributed by atoms with Gasteiger partial charge in [0.2, 0.25) is 0 Å². The molecule has 106 valence electrons. The van der Waals surface area contributed by atoms with E-state index in [-0.39, 0.29) is 0 Å². The molecule has 1 heterocycles. The van der Waals surface area contributed by atoms with Crippen molar-refractivity contribution in [2.75, 3.05) is 20.1 Å². The monoisotopic (exact) mass is 271 g/mol. The molecule has 2 N–H and O–H groups in total. The third-order valence-corrected chi connectivity index (χ3v) is 5.43. The molecule has 3 nitrogen and oxygen atoms in total. The van der Waals surface area contributed by atoms with Crippen LogP contribution in [0.3, 0.4) is 0 Å². The van der Waals surface area contributed by atoms with Gasteiger partial charge in [-0.3, -0.25) is 4.67 Å². The van der Waals surface area contributed by atoms with Gasteiger partial charge in [0.1, 0.15) is 0 Å². The minimum absolute atomic E-state index is 0.694. The second kappa shape index (κ2) is 7.19. The van der Waals surface area contributed by atoms with Gasteiger partial charge in [-0.2, -0.15) is 0 Å². The summed E-state index contributed by atoms with van der Waals surface area (Å²) >= 11 is 0. The molecule has 2 atom stereocenters. The quantitative estimate of drug-likeness (QED) is 0.766. The van der Waals surface area contributed by atoms with Crippen molar-refractivity contribution in [3.05, 3.63) is 0 Å². The van der Waals surface area contributed by atoms with Gasteiger partial charge in [-0.05, 0) is 58.4 Å². The maximum atomic E-state index is 3.89. The summed E-state index contributed by atoms with van der Waals surface area (Å²) in [5.74, 6) is 0.879. The predicted molar refractivity (Wildman–Crippen MR) is 81.7 cm³/mol. The van der Waals surface area contributed by atoms with Gasteiger partial charge in [0.25, 0.3) is 0 Å². The molecule has 0 amide bonds. The minimum Gasteiger partial charge on any atom is -0.317 e. The molecule has 4 heteroatoms. The number of hydrogen-bond donors (Lipinski definition) is 2. The van der Waals surface area contributed by atoms with E-state index in [1.165, 1.54) is 51.6 Å². The molecule has 0 aromatic carbocycles. The Morgan fingerprint density at radius 2 is 1.56 bits per heavy atom. The Labute approximate surface area is 115 Å². The van der Waals surface area contributed by atoms with Crippen LogP contribution in [0.15, 0.2) is 0 Å². The number of piperidine rings is 1. The maximum Gasteiger partial charge on any atom is 0.00708 e. The Balaban J connectivity index is 1.69. The van der Waals surface area contributed by atoms with Gasteiger partial charge in [-0.25, -0.2) is 0 Å². The normalized spacial score (nSPS) is 33.5. The van der Waals surface area contributed by atoms with Gasteiger partial charge in [0.05, 0.1) is 0 Å². The zero-order valence-corrected chi connectivity index (χ0v) is 13.1. The zero-order valence-electron chi connectivity index (χ0n) is 12.0.